The zero-order valence-corrected chi connectivity index (χ0v) is 15.4. The van der Waals surface area contributed by atoms with Gasteiger partial charge >= 0.3 is 5.97 Å². The van der Waals surface area contributed by atoms with E-state index in [1.807, 2.05) is 0 Å². The van der Waals surface area contributed by atoms with Crippen molar-refractivity contribution in [3.8, 4) is 11.5 Å². The maximum atomic E-state index is 13.6. The fourth-order valence-corrected chi connectivity index (χ4v) is 2.94. The number of carboxylic acid groups (broad SMARTS) is 1. The van der Waals surface area contributed by atoms with E-state index in [-0.39, 0.29) is 30.9 Å². The Balaban J connectivity index is 1.96. The van der Waals surface area contributed by atoms with Gasteiger partial charge in [0.25, 0.3) is 5.91 Å². The molecule has 0 spiro atoms. The second-order valence-corrected chi connectivity index (χ2v) is 6.47. The number of carbonyl (C=O) groups is 2. The first-order valence-electron chi connectivity index (χ1n) is 8.46. The van der Waals surface area contributed by atoms with E-state index in [4.69, 9.17) is 21.1 Å². The van der Waals surface area contributed by atoms with Crippen LogP contribution in [0.1, 0.15) is 15.9 Å². The predicted octanol–water partition coefficient (Wildman–Crippen LogP) is 3.23. The van der Waals surface area contributed by atoms with Crippen molar-refractivity contribution in [2.24, 2.45) is 0 Å². The second kappa shape index (κ2) is 8.75. The number of amides is 1. The summed E-state index contributed by atoms with van der Waals surface area (Å²) < 4.78 is 24.7. The molecule has 0 saturated carbocycles. The van der Waals surface area contributed by atoms with E-state index < -0.39 is 23.7 Å². The minimum Gasteiger partial charge on any atom is -0.489 e. The first-order valence-corrected chi connectivity index (χ1v) is 8.84. The summed E-state index contributed by atoms with van der Waals surface area (Å²) in [5.74, 6) is -2.01. The van der Waals surface area contributed by atoms with Crippen LogP contribution in [0, 0.1) is 5.82 Å². The lowest BCUT2D eigenvalue weighted by atomic mass is 10.0. The zero-order valence-electron chi connectivity index (χ0n) is 14.7. The first kappa shape index (κ1) is 19.7. The van der Waals surface area contributed by atoms with Crippen LogP contribution < -0.4 is 14.8 Å². The summed E-state index contributed by atoms with van der Waals surface area (Å²) in [5, 5.41) is 12.2. The normalized spacial score (nSPS) is 18.4. The van der Waals surface area contributed by atoms with Crippen LogP contribution in [0.5, 0.6) is 11.5 Å². The van der Waals surface area contributed by atoms with E-state index in [1.165, 1.54) is 6.07 Å². The molecule has 2 aliphatic rings. The van der Waals surface area contributed by atoms with Gasteiger partial charge in [-0.1, -0.05) is 17.7 Å². The summed E-state index contributed by atoms with van der Waals surface area (Å²) in [5.41, 5.74) is 0.514. The van der Waals surface area contributed by atoms with Gasteiger partial charge in [-0.15, -0.1) is 0 Å². The summed E-state index contributed by atoms with van der Waals surface area (Å²) in [6.45, 7) is 0.362. The Morgan fingerprint density at radius 2 is 1.79 bits per heavy atom. The van der Waals surface area contributed by atoms with Crippen LogP contribution >= 0.6 is 11.6 Å². The van der Waals surface area contributed by atoms with E-state index in [0.29, 0.717) is 16.3 Å². The van der Waals surface area contributed by atoms with E-state index in [2.05, 4.69) is 5.32 Å². The number of ether oxygens (including phenoxy) is 2. The van der Waals surface area contributed by atoms with E-state index in [1.54, 1.807) is 30.4 Å². The molecule has 2 aromatic rings. The number of rotatable bonds is 1. The average molecular weight is 406 g/mol. The van der Waals surface area contributed by atoms with Crippen LogP contribution in [0.25, 0.3) is 0 Å². The third kappa shape index (κ3) is 4.80. The van der Waals surface area contributed by atoms with Gasteiger partial charge in [-0.05, 0) is 48.0 Å². The maximum Gasteiger partial charge on any atom is 0.326 e. The number of fused-ring (bicyclic) bond motifs is 9. The van der Waals surface area contributed by atoms with E-state index in [0.717, 1.165) is 12.1 Å². The summed E-state index contributed by atoms with van der Waals surface area (Å²) in [6, 6.07) is 7.16. The lowest BCUT2D eigenvalue weighted by molar-refractivity contribution is -0.139. The fourth-order valence-electron chi connectivity index (χ4n) is 2.68. The van der Waals surface area contributed by atoms with Gasteiger partial charge in [0.05, 0.1) is 10.6 Å². The van der Waals surface area contributed by atoms with Crippen molar-refractivity contribution < 1.29 is 28.6 Å². The number of benzene rings is 2. The van der Waals surface area contributed by atoms with Gasteiger partial charge in [0, 0.05) is 6.42 Å². The van der Waals surface area contributed by atoms with Gasteiger partial charge in [0.1, 0.15) is 36.6 Å². The highest BCUT2D eigenvalue weighted by molar-refractivity contribution is 6.32. The van der Waals surface area contributed by atoms with Crippen LogP contribution in [0.3, 0.4) is 0 Å². The second-order valence-electron chi connectivity index (χ2n) is 6.07. The number of aliphatic carboxylic acids is 1. The molecule has 0 fully saturated rings. The largest absolute Gasteiger partial charge is 0.489 e. The lowest BCUT2D eigenvalue weighted by Crippen LogP contribution is -2.42. The Kier molecular flexibility index (Phi) is 6.16. The van der Waals surface area contributed by atoms with Crippen molar-refractivity contribution in [2.45, 2.75) is 12.5 Å². The quantitative estimate of drug-likeness (QED) is 0.711. The van der Waals surface area contributed by atoms with Gasteiger partial charge < -0.3 is 19.9 Å². The van der Waals surface area contributed by atoms with Crippen LogP contribution in [0.2, 0.25) is 5.02 Å². The molecule has 28 heavy (non-hydrogen) atoms. The van der Waals surface area contributed by atoms with Crippen molar-refractivity contribution >= 4 is 23.5 Å². The Hall–Kier alpha value is -3.06. The number of nitrogens with one attached hydrogen (secondary N) is 1. The Morgan fingerprint density at radius 3 is 2.46 bits per heavy atom. The van der Waals surface area contributed by atoms with Crippen molar-refractivity contribution in [3.05, 3.63) is 70.5 Å². The molecule has 0 aromatic heterocycles. The third-order valence-electron chi connectivity index (χ3n) is 4.06. The minimum atomic E-state index is -1.24. The highest BCUT2D eigenvalue weighted by atomic mass is 35.5. The Labute approximate surface area is 165 Å². The number of carboxylic acids is 1. The fraction of sp³-hybridized carbons (Fsp3) is 0.200. The molecule has 8 heteroatoms. The predicted molar refractivity (Wildman–Crippen MR) is 101 cm³/mol. The van der Waals surface area contributed by atoms with Crippen molar-refractivity contribution in [2.75, 3.05) is 13.2 Å². The monoisotopic (exact) mass is 405 g/mol. The summed E-state index contributed by atoms with van der Waals surface area (Å²) in [6.07, 6.45) is 3.39. The summed E-state index contributed by atoms with van der Waals surface area (Å²) in [4.78, 5) is 24.2. The third-order valence-corrected chi connectivity index (χ3v) is 4.36. The molecule has 2 N–H and O–H groups in total. The molecule has 2 aliphatic heterocycles. The molecule has 2 bridgehead atoms. The number of carbonyl (C=O) groups excluding carboxylic acids is 1. The molecule has 1 atom stereocenters. The molecule has 2 heterocycles. The lowest BCUT2D eigenvalue weighted by Gasteiger charge is -2.17. The van der Waals surface area contributed by atoms with Gasteiger partial charge in [-0.2, -0.15) is 0 Å². The van der Waals surface area contributed by atoms with Crippen LogP contribution in [0.15, 0.2) is 48.6 Å². The highest BCUT2D eigenvalue weighted by Gasteiger charge is 2.24. The number of hydrogen-bond acceptors (Lipinski definition) is 4. The molecule has 0 saturated heterocycles. The van der Waals surface area contributed by atoms with Crippen LogP contribution in [-0.2, 0) is 11.2 Å². The molecule has 0 aliphatic carbocycles. The van der Waals surface area contributed by atoms with Crippen LogP contribution in [0.4, 0.5) is 4.39 Å². The Morgan fingerprint density at radius 1 is 1.11 bits per heavy atom. The molecule has 146 valence electrons. The van der Waals surface area contributed by atoms with Crippen LogP contribution in [-0.4, -0.2) is 36.2 Å². The maximum absolute atomic E-state index is 13.6. The van der Waals surface area contributed by atoms with Crippen molar-refractivity contribution in [1.29, 1.82) is 0 Å². The number of halogens is 2. The van der Waals surface area contributed by atoms with E-state index in [9.17, 15) is 19.1 Å². The molecule has 2 aromatic carbocycles. The van der Waals surface area contributed by atoms with Gasteiger partial charge in [-0.3, -0.25) is 4.79 Å². The average Bonchev–Trinajstić information content (AvgIpc) is 2.65. The SMILES string of the molecule is O=C1N[C@H](C(=O)O)Cc2ccc(c(Cl)c2)OC/C=C/COc2ccc(F)cc21. The van der Waals surface area contributed by atoms with Gasteiger partial charge in [0.2, 0.25) is 0 Å². The molecule has 0 unspecified atom stereocenters. The Bertz CT molecular complexity index is 931. The van der Waals surface area contributed by atoms with Crippen molar-refractivity contribution in [3.63, 3.8) is 0 Å². The summed E-state index contributed by atoms with van der Waals surface area (Å²) in [7, 11) is 0. The molecule has 6 nitrogen and oxygen atoms in total. The molecule has 4 rings (SSSR count). The molecular weight excluding hydrogens is 389 g/mol. The first-order chi connectivity index (χ1) is 13.4. The van der Waals surface area contributed by atoms with Gasteiger partial charge in [0.15, 0.2) is 0 Å². The minimum absolute atomic E-state index is 0.00746. The molecule has 1 amide bonds. The smallest absolute Gasteiger partial charge is 0.326 e. The zero-order chi connectivity index (χ0) is 20.1. The highest BCUT2D eigenvalue weighted by Crippen LogP contribution is 2.26. The number of hydrogen-bond donors (Lipinski definition) is 2. The van der Waals surface area contributed by atoms with Crippen molar-refractivity contribution in [1.82, 2.24) is 5.32 Å². The van der Waals surface area contributed by atoms with E-state index >= 15 is 0 Å². The topological polar surface area (TPSA) is 84.9 Å². The summed E-state index contributed by atoms with van der Waals surface area (Å²) >= 11 is 6.18. The van der Waals surface area contributed by atoms with Gasteiger partial charge in [-0.25, -0.2) is 9.18 Å². The standard InChI is InChI=1S/C20H17ClFNO5/c21-15-9-12-3-5-18(15)28-8-2-1-7-27-17-6-4-13(22)11-14(17)19(24)23-16(10-12)20(25)26/h1-6,9,11,16H,7-8,10H2,(H,23,24)(H,25,26)/b2-1+/t16-/m0/s1. The molecule has 0 radical (unpaired) electrons. The molecular formula is C20H17ClFNO5.